The van der Waals surface area contributed by atoms with Gasteiger partial charge in [-0.15, -0.1) is 12.4 Å². The van der Waals surface area contributed by atoms with Crippen molar-refractivity contribution in [2.24, 2.45) is 5.73 Å². The summed E-state index contributed by atoms with van der Waals surface area (Å²) in [5, 5.41) is 3.55. The molecule has 1 fully saturated rings. The van der Waals surface area contributed by atoms with Gasteiger partial charge in [0.05, 0.1) is 11.9 Å². The van der Waals surface area contributed by atoms with Crippen LogP contribution in [0.5, 0.6) is 0 Å². The maximum Gasteiger partial charge on any atom is 0.238 e. The fourth-order valence-electron chi connectivity index (χ4n) is 4.84. The summed E-state index contributed by atoms with van der Waals surface area (Å²) in [7, 11) is 2.08. The summed E-state index contributed by atoms with van der Waals surface area (Å²) in [5.41, 5.74) is 8.95. The number of nitrogens with zero attached hydrogens (tertiary/aromatic N) is 3. The standard InChI is InChI=1S/C27H28FN5O2.ClH/c1-33(21-5-3-2-4-6-21)26-24-23(17-7-11-19(28)12-8-17)25(35-27(24)31-16-30-26)18-9-13-20(14-10-18)32-22(34)15-29;/h7-14,16,21H,2-6,15,29H2,1H3,(H,32,34);1H. The van der Waals surface area contributed by atoms with Crippen molar-refractivity contribution in [1.82, 2.24) is 9.97 Å². The number of halogens is 2. The third-order valence-corrected chi connectivity index (χ3v) is 6.67. The van der Waals surface area contributed by atoms with Gasteiger partial charge in [0.1, 0.15) is 23.7 Å². The molecule has 0 unspecified atom stereocenters. The monoisotopic (exact) mass is 509 g/mol. The molecule has 36 heavy (non-hydrogen) atoms. The Bertz CT molecular complexity index is 1340. The fourth-order valence-corrected chi connectivity index (χ4v) is 4.84. The third-order valence-electron chi connectivity index (χ3n) is 6.67. The Labute approximate surface area is 215 Å². The van der Waals surface area contributed by atoms with E-state index in [1.54, 1.807) is 24.3 Å². The highest BCUT2D eigenvalue weighted by molar-refractivity contribution is 6.06. The van der Waals surface area contributed by atoms with Crippen molar-refractivity contribution in [3.63, 3.8) is 0 Å². The first-order valence-corrected chi connectivity index (χ1v) is 11.9. The van der Waals surface area contributed by atoms with Gasteiger partial charge in [0.25, 0.3) is 0 Å². The van der Waals surface area contributed by atoms with Crippen molar-refractivity contribution in [3.05, 3.63) is 60.7 Å². The average Bonchev–Trinajstić information content (AvgIpc) is 3.29. The molecule has 1 aliphatic carbocycles. The Morgan fingerprint density at radius 1 is 1.06 bits per heavy atom. The molecule has 2 aromatic heterocycles. The van der Waals surface area contributed by atoms with Crippen LogP contribution in [0.3, 0.4) is 0 Å². The fraction of sp³-hybridized carbons (Fsp3) is 0.296. The van der Waals surface area contributed by atoms with E-state index in [0.29, 0.717) is 23.2 Å². The van der Waals surface area contributed by atoms with Crippen molar-refractivity contribution in [2.45, 2.75) is 38.1 Å². The molecule has 2 heterocycles. The molecule has 7 nitrogen and oxygen atoms in total. The van der Waals surface area contributed by atoms with Gasteiger partial charge in [-0.2, -0.15) is 0 Å². The van der Waals surface area contributed by atoms with Crippen molar-refractivity contribution in [1.29, 1.82) is 0 Å². The van der Waals surface area contributed by atoms with Crippen LogP contribution in [0.2, 0.25) is 0 Å². The number of fused-ring (bicyclic) bond motifs is 1. The lowest BCUT2D eigenvalue weighted by Crippen LogP contribution is -2.34. The molecule has 1 saturated carbocycles. The SMILES string of the molecule is CN(c1ncnc2oc(-c3ccc(NC(=O)CN)cc3)c(-c3ccc(F)cc3)c12)C1CCCCC1.Cl. The summed E-state index contributed by atoms with van der Waals surface area (Å²) in [6, 6.07) is 14.1. The van der Waals surface area contributed by atoms with Crippen LogP contribution in [0, 0.1) is 5.82 Å². The summed E-state index contributed by atoms with van der Waals surface area (Å²) in [5.74, 6) is 0.850. The topological polar surface area (TPSA) is 97.3 Å². The highest BCUT2D eigenvalue weighted by Crippen LogP contribution is 2.44. The predicted octanol–water partition coefficient (Wildman–Crippen LogP) is 5.78. The second-order valence-corrected chi connectivity index (χ2v) is 8.92. The second-order valence-electron chi connectivity index (χ2n) is 8.92. The Morgan fingerprint density at radius 2 is 1.72 bits per heavy atom. The molecule has 9 heteroatoms. The molecule has 0 aliphatic heterocycles. The molecule has 1 amide bonds. The summed E-state index contributed by atoms with van der Waals surface area (Å²) >= 11 is 0. The minimum absolute atomic E-state index is 0. The van der Waals surface area contributed by atoms with Gasteiger partial charge in [0, 0.05) is 29.9 Å². The Hall–Kier alpha value is -3.49. The van der Waals surface area contributed by atoms with Gasteiger partial charge >= 0.3 is 0 Å². The molecule has 2 aromatic carbocycles. The number of amides is 1. The molecule has 5 rings (SSSR count). The van der Waals surface area contributed by atoms with Gasteiger partial charge in [-0.25, -0.2) is 14.4 Å². The van der Waals surface area contributed by atoms with Gasteiger partial charge in [-0.1, -0.05) is 31.4 Å². The number of carbonyl (C=O) groups is 1. The minimum atomic E-state index is -0.307. The molecule has 0 radical (unpaired) electrons. The Kier molecular flexibility index (Phi) is 7.86. The molecular formula is C27H29ClFN5O2. The first-order chi connectivity index (χ1) is 17.0. The second kappa shape index (κ2) is 11.1. The summed E-state index contributed by atoms with van der Waals surface area (Å²) in [6.07, 6.45) is 7.45. The van der Waals surface area contributed by atoms with Crippen molar-refractivity contribution in [3.8, 4) is 22.5 Å². The van der Waals surface area contributed by atoms with E-state index in [0.717, 1.165) is 40.7 Å². The quantitative estimate of drug-likeness (QED) is 0.342. The lowest BCUT2D eigenvalue weighted by molar-refractivity contribution is -0.114. The van der Waals surface area contributed by atoms with E-state index in [4.69, 9.17) is 10.2 Å². The number of aromatic nitrogens is 2. The van der Waals surface area contributed by atoms with E-state index in [9.17, 15) is 9.18 Å². The first kappa shape index (κ1) is 25.6. The number of carbonyl (C=O) groups excluding carboxylic acids is 1. The number of nitrogens with two attached hydrogens (primary N) is 1. The van der Waals surface area contributed by atoms with Crippen LogP contribution in [0.15, 0.2) is 59.3 Å². The maximum absolute atomic E-state index is 13.8. The number of furan rings is 1. The molecule has 1 aliphatic rings. The number of benzene rings is 2. The van der Waals surface area contributed by atoms with Crippen LogP contribution in [0.4, 0.5) is 15.9 Å². The van der Waals surface area contributed by atoms with E-state index in [1.165, 1.54) is 37.7 Å². The van der Waals surface area contributed by atoms with Gasteiger partial charge < -0.3 is 20.4 Å². The zero-order valence-corrected chi connectivity index (χ0v) is 20.9. The van der Waals surface area contributed by atoms with Crippen LogP contribution < -0.4 is 16.0 Å². The first-order valence-electron chi connectivity index (χ1n) is 11.9. The molecular weight excluding hydrogens is 481 g/mol. The van der Waals surface area contributed by atoms with Crippen LogP contribution >= 0.6 is 12.4 Å². The number of rotatable bonds is 6. The smallest absolute Gasteiger partial charge is 0.238 e. The number of nitrogens with one attached hydrogen (secondary N) is 1. The molecule has 4 aromatic rings. The van der Waals surface area contributed by atoms with E-state index >= 15 is 0 Å². The highest BCUT2D eigenvalue weighted by Gasteiger charge is 2.27. The Morgan fingerprint density at radius 3 is 2.39 bits per heavy atom. The van der Waals surface area contributed by atoms with Crippen molar-refractivity contribution < 1.29 is 13.6 Å². The normalized spacial score (nSPS) is 13.9. The predicted molar refractivity (Wildman–Crippen MR) is 143 cm³/mol. The maximum atomic E-state index is 13.8. The van der Waals surface area contributed by atoms with E-state index in [1.807, 2.05) is 12.1 Å². The van der Waals surface area contributed by atoms with Crippen LogP contribution in [-0.2, 0) is 4.79 Å². The molecule has 188 valence electrons. The minimum Gasteiger partial charge on any atom is -0.437 e. The molecule has 0 bridgehead atoms. The lowest BCUT2D eigenvalue weighted by atomic mass is 9.94. The molecule has 0 atom stereocenters. The molecule has 0 spiro atoms. The van der Waals surface area contributed by atoms with Crippen LogP contribution in [-0.4, -0.2) is 35.5 Å². The van der Waals surface area contributed by atoms with Gasteiger partial charge in [-0.05, 0) is 54.8 Å². The number of anilines is 2. The van der Waals surface area contributed by atoms with E-state index in [2.05, 4.69) is 27.2 Å². The summed E-state index contributed by atoms with van der Waals surface area (Å²) in [6.45, 7) is -0.0873. The van der Waals surface area contributed by atoms with Crippen LogP contribution in [0.25, 0.3) is 33.6 Å². The summed E-state index contributed by atoms with van der Waals surface area (Å²) in [4.78, 5) is 23.0. The Balaban J connectivity index is 0.00000304. The van der Waals surface area contributed by atoms with Crippen molar-refractivity contribution in [2.75, 3.05) is 23.8 Å². The van der Waals surface area contributed by atoms with Gasteiger partial charge in [-0.3, -0.25) is 4.79 Å². The van der Waals surface area contributed by atoms with Gasteiger partial charge in [0.15, 0.2) is 0 Å². The van der Waals surface area contributed by atoms with Gasteiger partial charge in [0.2, 0.25) is 11.6 Å². The zero-order chi connectivity index (χ0) is 24.4. The molecule has 0 saturated heterocycles. The number of hydrogen-bond acceptors (Lipinski definition) is 6. The zero-order valence-electron chi connectivity index (χ0n) is 20.0. The molecule has 3 N–H and O–H groups in total. The van der Waals surface area contributed by atoms with E-state index in [-0.39, 0.29) is 30.7 Å². The largest absolute Gasteiger partial charge is 0.437 e. The van der Waals surface area contributed by atoms with Crippen LogP contribution in [0.1, 0.15) is 32.1 Å². The summed E-state index contributed by atoms with van der Waals surface area (Å²) < 4.78 is 20.1. The van der Waals surface area contributed by atoms with E-state index < -0.39 is 0 Å². The third kappa shape index (κ3) is 5.05. The van der Waals surface area contributed by atoms with Crippen molar-refractivity contribution >= 4 is 40.9 Å². The average molecular weight is 510 g/mol. The lowest BCUT2D eigenvalue weighted by Gasteiger charge is -2.32. The highest BCUT2D eigenvalue weighted by atomic mass is 35.5. The number of hydrogen-bond donors (Lipinski definition) is 2.